The molecule has 16 heavy (non-hydrogen) atoms. The fourth-order valence-corrected chi connectivity index (χ4v) is 1.83. The largest absolute Gasteiger partial charge is 0.396 e. The van der Waals surface area contributed by atoms with E-state index in [9.17, 15) is 0 Å². The van der Waals surface area contributed by atoms with Crippen LogP contribution in [0.25, 0.3) is 0 Å². The summed E-state index contributed by atoms with van der Waals surface area (Å²) in [5.74, 6) is 0. The summed E-state index contributed by atoms with van der Waals surface area (Å²) in [4.78, 5) is 0. The van der Waals surface area contributed by atoms with E-state index in [4.69, 9.17) is 14.6 Å². The van der Waals surface area contributed by atoms with E-state index < -0.39 is 0 Å². The lowest BCUT2D eigenvalue weighted by Gasteiger charge is -2.10. The van der Waals surface area contributed by atoms with Gasteiger partial charge in [-0.2, -0.15) is 0 Å². The first-order chi connectivity index (χ1) is 7.78. The molecule has 1 aromatic rings. The number of hydrogen-bond donors (Lipinski definition) is 1. The average molecular weight is 222 g/mol. The number of aryl methyl sites for hydroxylation is 1. The van der Waals surface area contributed by atoms with E-state index in [1.54, 1.807) is 0 Å². The van der Waals surface area contributed by atoms with Gasteiger partial charge in [-0.1, -0.05) is 29.8 Å². The van der Waals surface area contributed by atoms with E-state index in [1.807, 2.05) is 0 Å². The van der Waals surface area contributed by atoms with Crippen LogP contribution in [0.2, 0.25) is 0 Å². The van der Waals surface area contributed by atoms with Gasteiger partial charge >= 0.3 is 0 Å². The SMILES string of the molecule is Cc1ccc(CC2OCC(CCO)O2)cc1. The predicted octanol–water partition coefficient (Wildman–Crippen LogP) is 1.66. The maximum absolute atomic E-state index is 8.80. The highest BCUT2D eigenvalue weighted by Gasteiger charge is 2.25. The van der Waals surface area contributed by atoms with Crippen molar-refractivity contribution in [2.45, 2.75) is 32.2 Å². The Kier molecular flexibility index (Phi) is 3.93. The van der Waals surface area contributed by atoms with Crippen LogP contribution in [0.1, 0.15) is 17.5 Å². The third kappa shape index (κ3) is 3.04. The summed E-state index contributed by atoms with van der Waals surface area (Å²) in [5.41, 5.74) is 2.48. The summed E-state index contributed by atoms with van der Waals surface area (Å²) >= 11 is 0. The second-order valence-corrected chi connectivity index (χ2v) is 4.22. The Hall–Kier alpha value is -0.900. The summed E-state index contributed by atoms with van der Waals surface area (Å²) in [5, 5.41) is 8.80. The number of aliphatic hydroxyl groups excluding tert-OH is 1. The first-order valence-electron chi connectivity index (χ1n) is 5.71. The van der Waals surface area contributed by atoms with Gasteiger partial charge in [0.2, 0.25) is 0 Å². The highest BCUT2D eigenvalue weighted by Crippen LogP contribution is 2.18. The Morgan fingerprint density at radius 2 is 2.06 bits per heavy atom. The van der Waals surface area contributed by atoms with Gasteiger partial charge in [-0.15, -0.1) is 0 Å². The fourth-order valence-electron chi connectivity index (χ4n) is 1.83. The Balaban J connectivity index is 1.84. The standard InChI is InChI=1S/C13H18O3/c1-10-2-4-11(5-3-10)8-13-15-9-12(16-13)6-7-14/h2-5,12-14H,6-9H2,1H3. The predicted molar refractivity (Wildman–Crippen MR) is 61.2 cm³/mol. The minimum atomic E-state index is -0.153. The molecule has 0 aromatic heterocycles. The van der Waals surface area contributed by atoms with Gasteiger partial charge in [-0.25, -0.2) is 0 Å². The topological polar surface area (TPSA) is 38.7 Å². The van der Waals surface area contributed by atoms with E-state index in [0.717, 1.165) is 6.42 Å². The Morgan fingerprint density at radius 3 is 2.75 bits per heavy atom. The lowest BCUT2D eigenvalue weighted by molar-refractivity contribution is -0.0583. The Bertz CT molecular complexity index is 320. The molecule has 3 heteroatoms. The van der Waals surface area contributed by atoms with Crippen LogP contribution < -0.4 is 0 Å². The van der Waals surface area contributed by atoms with Gasteiger partial charge in [0.1, 0.15) is 0 Å². The van der Waals surface area contributed by atoms with Gasteiger partial charge in [0.15, 0.2) is 6.29 Å². The molecule has 2 atom stereocenters. The molecule has 0 amide bonds. The van der Waals surface area contributed by atoms with Crippen LogP contribution in [-0.2, 0) is 15.9 Å². The minimum absolute atomic E-state index is 0.0560. The van der Waals surface area contributed by atoms with Gasteiger partial charge in [0.25, 0.3) is 0 Å². The van der Waals surface area contributed by atoms with Gasteiger partial charge in [-0.3, -0.25) is 0 Å². The third-order valence-electron chi connectivity index (χ3n) is 2.79. The molecule has 1 saturated heterocycles. The molecule has 1 fully saturated rings. The van der Waals surface area contributed by atoms with Crippen LogP contribution >= 0.6 is 0 Å². The summed E-state index contributed by atoms with van der Waals surface area (Å²) < 4.78 is 11.2. The van der Waals surface area contributed by atoms with Crippen molar-refractivity contribution in [2.24, 2.45) is 0 Å². The van der Waals surface area contributed by atoms with Crippen molar-refractivity contribution in [1.82, 2.24) is 0 Å². The zero-order valence-electron chi connectivity index (χ0n) is 9.56. The van der Waals surface area contributed by atoms with Crippen molar-refractivity contribution in [3.05, 3.63) is 35.4 Å². The van der Waals surface area contributed by atoms with E-state index in [2.05, 4.69) is 31.2 Å². The molecule has 1 N–H and O–H groups in total. The maximum Gasteiger partial charge on any atom is 0.162 e. The first-order valence-corrected chi connectivity index (χ1v) is 5.71. The van der Waals surface area contributed by atoms with Gasteiger partial charge in [-0.05, 0) is 18.9 Å². The van der Waals surface area contributed by atoms with Gasteiger partial charge in [0, 0.05) is 13.0 Å². The number of hydrogen-bond acceptors (Lipinski definition) is 3. The molecule has 2 rings (SSSR count). The number of aliphatic hydroxyl groups is 1. The van der Waals surface area contributed by atoms with E-state index >= 15 is 0 Å². The van der Waals surface area contributed by atoms with Crippen molar-refractivity contribution < 1.29 is 14.6 Å². The molecule has 0 spiro atoms. The zero-order valence-corrected chi connectivity index (χ0v) is 9.56. The molecule has 3 nitrogen and oxygen atoms in total. The van der Waals surface area contributed by atoms with Crippen LogP contribution in [0.3, 0.4) is 0 Å². The molecule has 1 aromatic carbocycles. The molecule has 2 unspecified atom stereocenters. The molecule has 0 radical (unpaired) electrons. The molecule has 88 valence electrons. The number of rotatable bonds is 4. The fraction of sp³-hybridized carbons (Fsp3) is 0.538. The second-order valence-electron chi connectivity index (χ2n) is 4.22. The van der Waals surface area contributed by atoms with Gasteiger partial charge < -0.3 is 14.6 Å². The highest BCUT2D eigenvalue weighted by atomic mass is 16.7. The van der Waals surface area contributed by atoms with Crippen LogP contribution in [0, 0.1) is 6.92 Å². The summed E-state index contributed by atoms with van der Waals surface area (Å²) in [6, 6.07) is 8.38. The number of ether oxygens (including phenoxy) is 2. The molecule has 1 aliphatic heterocycles. The van der Waals surface area contributed by atoms with Crippen LogP contribution in [0.4, 0.5) is 0 Å². The van der Waals surface area contributed by atoms with Crippen molar-refractivity contribution in [3.8, 4) is 0 Å². The van der Waals surface area contributed by atoms with E-state index in [1.165, 1.54) is 11.1 Å². The molecule has 0 aliphatic carbocycles. The molecule has 0 saturated carbocycles. The van der Waals surface area contributed by atoms with Crippen LogP contribution in [0.5, 0.6) is 0 Å². The van der Waals surface area contributed by atoms with Crippen molar-refractivity contribution in [3.63, 3.8) is 0 Å². The molecule has 0 bridgehead atoms. The summed E-state index contributed by atoms with van der Waals surface area (Å²) in [6.07, 6.45) is 1.34. The first kappa shape index (κ1) is 11.6. The molecule has 1 heterocycles. The third-order valence-corrected chi connectivity index (χ3v) is 2.79. The van der Waals surface area contributed by atoms with Crippen molar-refractivity contribution in [2.75, 3.05) is 13.2 Å². The average Bonchev–Trinajstić information content (AvgIpc) is 2.70. The zero-order chi connectivity index (χ0) is 11.4. The minimum Gasteiger partial charge on any atom is -0.396 e. The second kappa shape index (κ2) is 5.43. The normalized spacial score (nSPS) is 24.9. The van der Waals surface area contributed by atoms with Crippen LogP contribution in [0.15, 0.2) is 24.3 Å². The smallest absolute Gasteiger partial charge is 0.162 e. The lowest BCUT2D eigenvalue weighted by Crippen LogP contribution is -2.15. The molecular formula is C13H18O3. The Morgan fingerprint density at radius 1 is 1.31 bits per heavy atom. The molecular weight excluding hydrogens is 204 g/mol. The Labute approximate surface area is 96.0 Å². The van der Waals surface area contributed by atoms with E-state index in [-0.39, 0.29) is 19.0 Å². The van der Waals surface area contributed by atoms with Crippen molar-refractivity contribution >= 4 is 0 Å². The lowest BCUT2D eigenvalue weighted by atomic mass is 10.1. The van der Waals surface area contributed by atoms with Crippen molar-refractivity contribution in [1.29, 1.82) is 0 Å². The molecule has 1 aliphatic rings. The van der Waals surface area contributed by atoms with Crippen LogP contribution in [-0.4, -0.2) is 30.7 Å². The van der Waals surface area contributed by atoms with E-state index in [0.29, 0.717) is 13.0 Å². The maximum atomic E-state index is 8.80. The highest BCUT2D eigenvalue weighted by molar-refractivity contribution is 5.21. The monoisotopic (exact) mass is 222 g/mol. The van der Waals surface area contributed by atoms with Gasteiger partial charge in [0.05, 0.1) is 12.7 Å². The quantitative estimate of drug-likeness (QED) is 0.842. The summed E-state index contributed by atoms with van der Waals surface area (Å²) in [7, 11) is 0. The summed E-state index contributed by atoms with van der Waals surface area (Å²) in [6.45, 7) is 2.83. The number of benzene rings is 1.